The van der Waals surface area contributed by atoms with Crippen molar-refractivity contribution in [2.45, 2.75) is 192 Å². The minimum atomic E-state index is -1.64. The van der Waals surface area contributed by atoms with E-state index in [9.17, 15) is 34.8 Å². The van der Waals surface area contributed by atoms with Crippen molar-refractivity contribution in [3.63, 3.8) is 0 Å². The lowest BCUT2D eigenvalue weighted by molar-refractivity contribution is -0.318. The Labute approximate surface area is 302 Å². The van der Waals surface area contributed by atoms with E-state index in [-0.39, 0.29) is 37.9 Å². The molecule has 2 saturated heterocycles. The molecule has 3 aliphatic rings. The Morgan fingerprint density at radius 1 is 0.902 bits per heavy atom. The van der Waals surface area contributed by atoms with Gasteiger partial charge in [0.15, 0.2) is 12.6 Å². The minimum Gasteiger partial charge on any atom is -0.460 e. The predicted molar refractivity (Wildman–Crippen MR) is 184 cm³/mol. The van der Waals surface area contributed by atoms with Crippen LogP contribution in [-0.2, 0) is 38.0 Å². The number of esters is 1. The normalized spacial score (nSPS) is 36.9. The number of alkyl carbamates (subject to hydrolysis) is 1. The van der Waals surface area contributed by atoms with Gasteiger partial charge in [-0.25, -0.2) is 4.79 Å². The van der Waals surface area contributed by atoms with Crippen molar-refractivity contribution in [1.82, 2.24) is 10.6 Å². The van der Waals surface area contributed by atoms with E-state index >= 15 is 0 Å². The second-order valence-corrected chi connectivity index (χ2v) is 16.6. The molecule has 0 bridgehead atoms. The number of hydrogen-bond donors (Lipinski definition) is 6. The molecule has 2 amide bonds. The number of carbonyl (C=O) groups excluding carboxylic acids is 3. The lowest BCUT2D eigenvalue weighted by atomic mass is 9.80. The summed E-state index contributed by atoms with van der Waals surface area (Å²) in [6, 6.07) is -1.98. The number of rotatable bonds is 12. The molecule has 3 rings (SSSR count). The first kappa shape index (κ1) is 43.3. The predicted octanol–water partition coefficient (Wildman–Crippen LogP) is 2.43. The number of amides is 2. The van der Waals surface area contributed by atoms with Crippen LogP contribution in [-0.4, -0.2) is 123 Å². The minimum absolute atomic E-state index is 0.0452. The lowest BCUT2D eigenvalue weighted by Crippen LogP contribution is -2.68. The number of carbonyl (C=O) groups is 3. The van der Waals surface area contributed by atoms with Crippen LogP contribution in [0.4, 0.5) is 4.79 Å². The SMILES string of the molecule is CCC[C@H](O)C(=O)N[C@@H]1C[C@H](NC(=O)OC(C)(C)C)C(O[C@H]2O[C@H](CC)CCC2C)C(O)C1O[C@H]1OCC(C)(O)[C@H](CC(=O)OC(C)(C)C)C1O. The third kappa shape index (κ3) is 12.5. The zero-order chi connectivity index (χ0) is 38.5. The van der Waals surface area contributed by atoms with E-state index in [2.05, 4.69) is 10.6 Å². The largest absolute Gasteiger partial charge is 0.460 e. The highest BCUT2D eigenvalue weighted by Crippen LogP contribution is 2.37. The van der Waals surface area contributed by atoms with Crippen molar-refractivity contribution in [2.24, 2.45) is 11.8 Å². The van der Waals surface area contributed by atoms with Gasteiger partial charge < -0.3 is 59.5 Å². The van der Waals surface area contributed by atoms with Crippen LogP contribution in [0.15, 0.2) is 0 Å². The molecule has 3 fully saturated rings. The van der Waals surface area contributed by atoms with Crippen LogP contribution >= 0.6 is 0 Å². The molecule has 2 aliphatic heterocycles. The maximum absolute atomic E-state index is 13.2. The molecule has 6 N–H and O–H groups in total. The van der Waals surface area contributed by atoms with Gasteiger partial charge in [0.1, 0.15) is 41.7 Å². The van der Waals surface area contributed by atoms with E-state index in [0.717, 1.165) is 19.3 Å². The topological polar surface area (TPSA) is 212 Å². The second kappa shape index (κ2) is 17.8. The van der Waals surface area contributed by atoms with Crippen LogP contribution in [0, 0.1) is 11.8 Å². The van der Waals surface area contributed by atoms with Crippen LogP contribution in [0.5, 0.6) is 0 Å². The molecule has 0 aromatic heterocycles. The van der Waals surface area contributed by atoms with Gasteiger partial charge in [-0.15, -0.1) is 0 Å². The summed E-state index contributed by atoms with van der Waals surface area (Å²) in [6.07, 6.45) is -7.30. The Bertz CT molecular complexity index is 1150. The maximum atomic E-state index is 13.2. The van der Waals surface area contributed by atoms with Crippen molar-refractivity contribution < 1.29 is 63.2 Å². The van der Waals surface area contributed by atoms with Crippen molar-refractivity contribution in [1.29, 1.82) is 0 Å². The molecule has 0 radical (unpaired) electrons. The summed E-state index contributed by atoms with van der Waals surface area (Å²) in [5.74, 6) is -2.49. The summed E-state index contributed by atoms with van der Waals surface area (Å²) in [7, 11) is 0. The molecular weight excluding hydrogens is 668 g/mol. The molecule has 1 aliphatic carbocycles. The van der Waals surface area contributed by atoms with Gasteiger partial charge in [0.05, 0.1) is 36.8 Å². The summed E-state index contributed by atoms with van der Waals surface area (Å²) >= 11 is 0. The molecule has 296 valence electrons. The summed E-state index contributed by atoms with van der Waals surface area (Å²) in [4.78, 5) is 39.1. The van der Waals surface area contributed by atoms with Gasteiger partial charge in [-0.1, -0.05) is 27.2 Å². The summed E-state index contributed by atoms with van der Waals surface area (Å²) in [5.41, 5.74) is -3.28. The fourth-order valence-electron chi connectivity index (χ4n) is 6.77. The second-order valence-electron chi connectivity index (χ2n) is 16.6. The van der Waals surface area contributed by atoms with Crippen LogP contribution in [0.2, 0.25) is 0 Å². The molecule has 51 heavy (non-hydrogen) atoms. The number of aliphatic hydroxyl groups excluding tert-OH is 3. The van der Waals surface area contributed by atoms with Gasteiger partial charge in [-0.2, -0.15) is 0 Å². The van der Waals surface area contributed by atoms with Gasteiger partial charge in [0, 0.05) is 11.8 Å². The molecule has 2 heterocycles. The Hall–Kier alpha value is -2.11. The van der Waals surface area contributed by atoms with E-state index in [1.165, 1.54) is 6.92 Å². The Balaban J connectivity index is 1.98. The van der Waals surface area contributed by atoms with Gasteiger partial charge >= 0.3 is 12.1 Å². The van der Waals surface area contributed by atoms with Crippen LogP contribution < -0.4 is 10.6 Å². The number of aliphatic hydroxyl groups is 4. The van der Waals surface area contributed by atoms with Crippen LogP contribution in [0.25, 0.3) is 0 Å². The monoisotopic (exact) mass is 732 g/mol. The van der Waals surface area contributed by atoms with E-state index in [4.69, 9.17) is 28.4 Å². The highest BCUT2D eigenvalue weighted by molar-refractivity contribution is 5.80. The molecule has 0 aromatic carbocycles. The Morgan fingerprint density at radius 2 is 1.49 bits per heavy atom. The average Bonchev–Trinajstić information content (AvgIpc) is 2.99. The van der Waals surface area contributed by atoms with Gasteiger partial charge in [-0.3, -0.25) is 9.59 Å². The lowest BCUT2D eigenvalue weighted by Gasteiger charge is -2.49. The van der Waals surface area contributed by atoms with Crippen molar-refractivity contribution in [3.8, 4) is 0 Å². The highest BCUT2D eigenvalue weighted by Gasteiger charge is 2.53. The van der Waals surface area contributed by atoms with Gasteiger partial charge in [0.2, 0.25) is 5.91 Å². The summed E-state index contributed by atoms with van der Waals surface area (Å²) in [6.45, 7) is 17.1. The zero-order valence-corrected chi connectivity index (χ0v) is 32.0. The van der Waals surface area contributed by atoms with Gasteiger partial charge in [-0.05, 0) is 80.6 Å². The third-order valence-electron chi connectivity index (χ3n) is 9.48. The molecule has 6 unspecified atom stereocenters. The van der Waals surface area contributed by atoms with Crippen LogP contribution in [0.3, 0.4) is 0 Å². The average molecular weight is 733 g/mol. The van der Waals surface area contributed by atoms with E-state index in [1.807, 2.05) is 20.8 Å². The van der Waals surface area contributed by atoms with E-state index < -0.39 is 95.9 Å². The molecule has 1 saturated carbocycles. The quantitative estimate of drug-likeness (QED) is 0.160. The first-order chi connectivity index (χ1) is 23.5. The first-order valence-corrected chi connectivity index (χ1v) is 18.4. The van der Waals surface area contributed by atoms with E-state index in [1.54, 1.807) is 41.5 Å². The number of ether oxygens (including phenoxy) is 6. The standard InChI is InChI=1S/C36H64N2O13/c1-11-13-24(39)30(43)37-22-17-23(38-33(44)51-35(7,8)9)29(48-31-19(3)14-15-20(12-2)47-31)27(42)28(22)49-32-26(41)21(36(10,45)18-46-32)16-25(40)50-34(4,5)6/h19-24,26-29,31-32,39,41-42,45H,11-18H2,1-10H3,(H,37,43)(H,38,44)/t19?,20-,21-,22-,23+,24+,26?,27?,28?,29?,31-,32-,36?/m1/s1. The maximum Gasteiger partial charge on any atom is 0.407 e. The van der Waals surface area contributed by atoms with Crippen LogP contribution in [0.1, 0.15) is 114 Å². The molecular formula is C36H64N2O13. The Morgan fingerprint density at radius 3 is 2.06 bits per heavy atom. The van der Waals surface area contributed by atoms with Crippen molar-refractivity contribution >= 4 is 18.0 Å². The molecule has 0 spiro atoms. The van der Waals surface area contributed by atoms with E-state index in [0.29, 0.717) is 6.42 Å². The fraction of sp³-hybridized carbons (Fsp3) is 0.917. The molecule has 15 nitrogen and oxygen atoms in total. The third-order valence-corrected chi connectivity index (χ3v) is 9.48. The number of hydrogen-bond acceptors (Lipinski definition) is 13. The Kier molecular flexibility index (Phi) is 15.1. The highest BCUT2D eigenvalue weighted by atomic mass is 16.7. The smallest absolute Gasteiger partial charge is 0.407 e. The fourth-order valence-corrected chi connectivity index (χ4v) is 6.77. The molecule has 0 aromatic rings. The van der Waals surface area contributed by atoms with Gasteiger partial charge in [0.25, 0.3) is 0 Å². The first-order valence-electron chi connectivity index (χ1n) is 18.4. The zero-order valence-electron chi connectivity index (χ0n) is 32.0. The summed E-state index contributed by atoms with van der Waals surface area (Å²) < 4.78 is 35.8. The molecule has 13 atom stereocenters. The van der Waals surface area contributed by atoms with Crippen molar-refractivity contribution in [3.05, 3.63) is 0 Å². The molecule has 15 heteroatoms. The number of nitrogens with one attached hydrogen (secondary N) is 2. The summed E-state index contributed by atoms with van der Waals surface area (Å²) in [5, 5.41) is 50.8. The van der Waals surface area contributed by atoms with Crippen molar-refractivity contribution in [2.75, 3.05) is 6.61 Å².